The maximum Gasteiger partial charge on any atom is 0.261 e. The molecule has 1 aliphatic heterocycles. The van der Waals surface area contributed by atoms with Crippen LogP contribution in [0.15, 0.2) is 24.5 Å². The van der Waals surface area contributed by atoms with Crippen LogP contribution in [-0.2, 0) is 4.74 Å². The third-order valence-electron chi connectivity index (χ3n) is 3.21. The Kier molecular flexibility index (Phi) is 3.70. The minimum absolute atomic E-state index is 0.136. The van der Waals surface area contributed by atoms with Crippen LogP contribution in [-0.4, -0.2) is 41.3 Å². The van der Waals surface area contributed by atoms with Crippen molar-refractivity contribution in [3.63, 3.8) is 0 Å². The molecule has 0 aliphatic carbocycles. The lowest BCUT2D eigenvalue weighted by Gasteiger charge is -2.12. The summed E-state index contributed by atoms with van der Waals surface area (Å²) in [6, 6.07) is 3.47. The second-order valence-corrected chi connectivity index (χ2v) is 5.58. The van der Waals surface area contributed by atoms with Gasteiger partial charge in [-0.2, -0.15) is 0 Å². The smallest absolute Gasteiger partial charge is 0.261 e. The number of hydrogen-bond donors (Lipinski definition) is 0. The van der Waals surface area contributed by atoms with Crippen molar-refractivity contribution < 1.29 is 9.53 Å². The first-order chi connectivity index (χ1) is 9.75. The Morgan fingerprint density at radius 3 is 3.10 bits per heavy atom. The minimum atomic E-state index is -0.136. The van der Waals surface area contributed by atoms with Gasteiger partial charge in [-0.15, -0.1) is 10.2 Å². The fourth-order valence-electron chi connectivity index (χ4n) is 2.03. The Labute approximate surface area is 120 Å². The number of carbonyl (C=O) groups excluding carboxylic acids is 1. The second kappa shape index (κ2) is 5.64. The van der Waals surface area contributed by atoms with Crippen molar-refractivity contribution in [3.8, 4) is 0 Å². The van der Waals surface area contributed by atoms with Crippen LogP contribution >= 0.6 is 11.3 Å². The van der Waals surface area contributed by atoms with Crippen LogP contribution in [0.4, 0.5) is 5.13 Å². The number of ether oxygens (including phenoxy) is 1. The van der Waals surface area contributed by atoms with Crippen LogP contribution in [0.25, 0.3) is 0 Å². The molecule has 1 amide bonds. The molecule has 1 unspecified atom stereocenters. The molecule has 1 saturated heterocycles. The van der Waals surface area contributed by atoms with E-state index < -0.39 is 0 Å². The van der Waals surface area contributed by atoms with Crippen molar-refractivity contribution in [2.45, 2.75) is 12.3 Å². The van der Waals surface area contributed by atoms with E-state index in [4.69, 9.17) is 4.74 Å². The molecule has 2 aromatic heterocycles. The van der Waals surface area contributed by atoms with Crippen LogP contribution in [0.5, 0.6) is 0 Å². The zero-order chi connectivity index (χ0) is 13.9. The molecule has 20 heavy (non-hydrogen) atoms. The summed E-state index contributed by atoms with van der Waals surface area (Å²) in [5.41, 5.74) is 0.538. The normalized spacial score (nSPS) is 18.1. The van der Waals surface area contributed by atoms with Crippen molar-refractivity contribution in [1.29, 1.82) is 0 Å². The topological polar surface area (TPSA) is 68.2 Å². The summed E-state index contributed by atoms with van der Waals surface area (Å²) >= 11 is 1.44. The van der Waals surface area contributed by atoms with Crippen molar-refractivity contribution in [2.75, 3.05) is 25.2 Å². The highest BCUT2D eigenvalue weighted by Gasteiger charge is 2.24. The van der Waals surface area contributed by atoms with E-state index in [2.05, 4.69) is 15.2 Å². The van der Waals surface area contributed by atoms with Crippen LogP contribution in [0.3, 0.4) is 0 Å². The lowest BCUT2D eigenvalue weighted by Crippen LogP contribution is -2.26. The van der Waals surface area contributed by atoms with E-state index in [0.717, 1.165) is 18.0 Å². The molecule has 0 radical (unpaired) electrons. The third kappa shape index (κ3) is 2.54. The number of carbonyl (C=O) groups is 1. The van der Waals surface area contributed by atoms with E-state index in [1.165, 1.54) is 16.2 Å². The summed E-state index contributed by atoms with van der Waals surface area (Å²) in [7, 11) is 1.70. The quantitative estimate of drug-likeness (QED) is 0.861. The van der Waals surface area contributed by atoms with Gasteiger partial charge in [0.15, 0.2) is 0 Å². The molecule has 7 heteroatoms. The van der Waals surface area contributed by atoms with Gasteiger partial charge in [-0.3, -0.25) is 14.7 Å². The minimum Gasteiger partial charge on any atom is -0.381 e. The number of amides is 1. The lowest BCUT2D eigenvalue weighted by molar-refractivity contribution is 0.0992. The van der Waals surface area contributed by atoms with E-state index in [1.54, 1.807) is 31.6 Å². The van der Waals surface area contributed by atoms with Gasteiger partial charge in [-0.1, -0.05) is 11.3 Å². The molecule has 6 nitrogen and oxygen atoms in total. The molecule has 1 atom stereocenters. The molecule has 104 valence electrons. The van der Waals surface area contributed by atoms with E-state index in [-0.39, 0.29) is 5.91 Å². The zero-order valence-corrected chi connectivity index (χ0v) is 11.8. The van der Waals surface area contributed by atoms with Gasteiger partial charge in [0.2, 0.25) is 5.13 Å². The fraction of sp³-hybridized carbons (Fsp3) is 0.385. The second-order valence-electron chi connectivity index (χ2n) is 4.59. The van der Waals surface area contributed by atoms with E-state index >= 15 is 0 Å². The standard InChI is InChI=1S/C13H14N4O2S/c1-17(12(18)9-3-2-5-14-7-9)13-16-15-11(20-13)10-4-6-19-8-10/h2-3,5,7,10H,4,6,8H2,1H3. The van der Waals surface area contributed by atoms with Crippen molar-refractivity contribution in [2.24, 2.45) is 0 Å². The molecule has 0 N–H and O–H groups in total. The predicted molar refractivity (Wildman–Crippen MR) is 75.1 cm³/mol. The maximum absolute atomic E-state index is 12.3. The monoisotopic (exact) mass is 290 g/mol. The number of rotatable bonds is 3. The van der Waals surface area contributed by atoms with Gasteiger partial charge in [0.1, 0.15) is 5.01 Å². The molecule has 1 aliphatic rings. The van der Waals surface area contributed by atoms with E-state index in [9.17, 15) is 4.79 Å². The van der Waals surface area contributed by atoms with Crippen LogP contribution in [0.2, 0.25) is 0 Å². The molecule has 0 spiro atoms. The molecule has 0 saturated carbocycles. The van der Waals surface area contributed by atoms with Gasteiger partial charge < -0.3 is 4.74 Å². The zero-order valence-electron chi connectivity index (χ0n) is 11.0. The average molecular weight is 290 g/mol. The van der Waals surface area contributed by atoms with Gasteiger partial charge in [0, 0.05) is 32.0 Å². The number of anilines is 1. The fourth-order valence-corrected chi connectivity index (χ4v) is 2.95. The van der Waals surface area contributed by atoms with Crippen LogP contribution in [0.1, 0.15) is 27.7 Å². The Bertz CT molecular complexity index is 595. The number of hydrogen-bond acceptors (Lipinski definition) is 6. The summed E-state index contributed by atoms with van der Waals surface area (Å²) in [5, 5.41) is 9.81. The van der Waals surface area contributed by atoms with Crippen LogP contribution < -0.4 is 4.90 Å². The number of pyridine rings is 1. The average Bonchev–Trinajstić information content (AvgIpc) is 3.17. The predicted octanol–water partition coefficient (Wildman–Crippen LogP) is 1.71. The molecule has 2 aromatic rings. The van der Waals surface area contributed by atoms with Gasteiger partial charge in [-0.05, 0) is 18.6 Å². The molecule has 0 bridgehead atoms. The molecule has 3 heterocycles. The summed E-state index contributed by atoms with van der Waals surface area (Å²) in [6.07, 6.45) is 4.15. The SMILES string of the molecule is CN(C(=O)c1cccnc1)c1nnc(C2CCOC2)s1. The first kappa shape index (κ1) is 13.1. The highest BCUT2D eigenvalue weighted by molar-refractivity contribution is 7.15. The Morgan fingerprint density at radius 2 is 2.40 bits per heavy atom. The van der Waals surface area contributed by atoms with Gasteiger partial charge in [0.05, 0.1) is 12.2 Å². The molecular weight excluding hydrogens is 276 g/mol. The Morgan fingerprint density at radius 1 is 1.50 bits per heavy atom. The summed E-state index contributed by atoms with van der Waals surface area (Å²) in [4.78, 5) is 17.7. The Hall–Kier alpha value is -1.86. The third-order valence-corrected chi connectivity index (χ3v) is 4.37. The molecule has 3 rings (SSSR count). The van der Waals surface area contributed by atoms with E-state index in [1.807, 2.05) is 0 Å². The number of aromatic nitrogens is 3. The number of nitrogens with zero attached hydrogens (tertiary/aromatic N) is 4. The summed E-state index contributed by atoms with van der Waals surface area (Å²) in [5.74, 6) is 0.173. The molecule has 1 fully saturated rings. The highest BCUT2D eigenvalue weighted by atomic mass is 32.1. The first-order valence-electron chi connectivity index (χ1n) is 6.35. The lowest BCUT2D eigenvalue weighted by atomic mass is 10.1. The molecule has 0 aromatic carbocycles. The van der Waals surface area contributed by atoms with Crippen molar-refractivity contribution in [1.82, 2.24) is 15.2 Å². The largest absolute Gasteiger partial charge is 0.381 e. The van der Waals surface area contributed by atoms with Gasteiger partial charge in [-0.25, -0.2) is 0 Å². The van der Waals surface area contributed by atoms with Crippen LogP contribution in [0, 0.1) is 0 Å². The highest BCUT2D eigenvalue weighted by Crippen LogP contribution is 2.31. The molecular formula is C13H14N4O2S. The first-order valence-corrected chi connectivity index (χ1v) is 7.16. The van der Waals surface area contributed by atoms with E-state index in [0.29, 0.717) is 23.2 Å². The summed E-state index contributed by atoms with van der Waals surface area (Å²) < 4.78 is 5.35. The van der Waals surface area contributed by atoms with Crippen molar-refractivity contribution >= 4 is 22.4 Å². The Balaban J connectivity index is 1.77. The van der Waals surface area contributed by atoms with Crippen molar-refractivity contribution in [3.05, 3.63) is 35.1 Å². The van der Waals surface area contributed by atoms with Gasteiger partial charge in [0.25, 0.3) is 5.91 Å². The maximum atomic E-state index is 12.3. The summed E-state index contributed by atoms with van der Waals surface area (Å²) in [6.45, 7) is 1.46. The van der Waals surface area contributed by atoms with Gasteiger partial charge >= 0.3 is 0 Å².